The molecule has 12 nitrogen and oxygen atoms in total. The van der Waals surface area contributed by atoms with E-state index in [1.54, 1.807) is 47.6 Å². The van der Waals surface area contributed by atoms with E-state index < -0.39 is 23.4 Å². The third kappa shape index (κ3) is 8.32. The number of carbonyl (C=O) groups is 2. The molecule has 6 rings (SSSR count). The number of rotatable bonds is 8. The fourth-order valence-corrected chi connectivity index (χ4v) is 5.66. The van der Waals surface area contributed by atoms with Gasteiger partial charge in [0.2, 0.25) is 0 Å². The number of nitrogens with zero attached hydrogens (tertiary/aromatic N) is 4. The van der Waals surface area contributed by atoms with Crippen molar-refractivity contribution >= 4 is 34.7 Å². The van der Waals surface area contributed by atoms with Crippen LogP contribution >= 0.6 is 0 Å². The maximum Gasteiger partial charge on any atom is 0.425 e. The van der Waals surface area contributed by atoms with Crippen LogP contribution in [-0.4, -0.2) is 57.2 Å². The van der Waals surface area contributed by atoms with E-state index in [2.05, 4.69) is 27.8 Å². The first-order valence-corrected chi connectivity index (χ1v) is 16.6. The summed E-state index contributed by atoms with van der Waals surface area (Å²) in [6.45, 7) is 11.7. The lowest BCUT2D eigenvalue weighted by Crippen LogP contribution is -2.51. The van der Waals surface area contributed by atoms with Crippen molar-refractivity contribution in [3.05, 3.63) is 89.2 Å². The minimum atomic E-state index is -0.845. The summed E-state index contributed by atoms with van der Waals surface area (Å²) >= 11 is 0. The van der Waals surface area contributed by atoms with E-state index in [4.69, 9.17) is 23.9 Å². The summed E-state index contributed by atoms with van der Waals surface area (Å²) < 4.78 is 25.7. The Bertz CT molecular complexity index is 1920. The average molecular weight is 669 g/mol. The van der Waals surface area contributed by atoms with Crippen LogP contribution in [0, 0.1) is 0 Å². The Morgan fingerprint density at radius 2 is 1.67 bits per heavy atom. The predicted molar refractivity (Wildman–Crippen MR) is 185 cm³/mol. The van der Waals surface area contributed by atoms with Crippen molar-refractivity contribution in [3.8, 4) is 5.75 Å². The average Bonchev–Trinajstić information content (AvgIpc) is 3.69. The molecule has 2 amide bonds. The molecule has 0 spiro atoms. The summed E-state index contributed by atoms with van der Waals surface area (Å²) in [5.41, 5.74) is 0.965. The Kier molecular flexibility index (Phi) is 9.51. The maximum absolute atomic E-state index is 13.3. The molecule has 2 aromatic carbocycles. The van der Waals surface area contributed by atoms with Gasteiger partial charge in [0.05, 0.1) is 16.8 Å². The molecule has 1 fully saturated rings. The number of aromatic nitrogens is 2. The second kappa shape index (κ2) is 13.8. The summed E-state index contributed by atoms with van der Waals surface area (Å²) in [5, 5.41) is 8.06. The zero-order valence-corrected chi connectivity index (χ0v) is 28.9. The second-order valence-electron chi connectivity index (χ2n) is 14.1. The highest BCUT2D eigenvalue weighted by molar-refractivity contribution is 5.95. The SMILES string of the molecule is CC(C)(C)OC(=O)N(C(=O)OC(C)(C)C)C1=c2ccn(C3CCC(COc4ccc5ccc(NCc6ccccc6)nc5c4)O3)c2=NCN1. The zero-order chi connectivity index (χ0) is 34.8. The number of anilines is 1. The van der Waals surface area contributed by atoms with Gasteiger partial charge in [-0.2, -0.15) is 4.90 Å². The molecule has 2 aliphatic heterocycles. The highest BCUT2D eigenvalue weighted by atomic mass is 16.6. The predicted octanol–water partition coefficient (Wildman–Crippen LogP) is 5.82. The molecule has 0 saturated carbocycles. The van der Waals surface area contributed by atoms with E-state index >= 15 is 0 Å². The molecule has 1 saturated heterocycles. The third-order valence-corrected chi connectivity index (χ3v) is 7.80. The number of hydrogen-bond donors (Lipinski definition) is 2. The summed E-state index contributed by atoms with van der Waals surface area (Å²) in [6, 6.07) is 21.9. The number of hydrogen-bond acceptors (Lipinski definition) is 10. The van der Waals surface area contributed by atoms with Crippen molar-refractivity contribution < 1.29 is 28.5 Å². The van der Waals surface area contributed by atoms with E-state index in [-0.39, 0.29) is 24.8 Å². The van der Waals surface area contributed by atoms with E-state index in [9.17, 15) is 9.59 Å². The van der Waals surface area contributed by atoms with Gasteiger partial charge in [0.15, 0.2) is 0 Å². The molecule has 258 valence electrons. The van der Waals surface area contributed by atoms with Gasteiger partial charge in [-0.25, -0.2) is 19.6 Å². The van der Waals surface area contributed by atoms with Crippen LogP contribution in [0.5, 0.6) is 5.75 Å². The van der Waals surface area contributed by atoms with Gasteiger partial charge >= 0.3 is 12.2 Å². The van der Waals surface area contributed by atoms with Crippen molar-refractivity contribution in [3.63, 3.8) is 0 Å². The Morgan fingerprint density at radius 1 is 0.959 bits per heavy atom. The minimum Gasteiger partial charge on any atom is -0.491 e. The van der Waals surface area contributed by atoms with Gasteiger partial charge in [-0.05, 0) is 90.3 Å². The Hall–Kier alpha value is -5.10. The number of nitrogens with one attached hydrogen (secondary N) is 2. The second-order valence-corrected chi connectivity index (χ2v) is 14.1. The monoisotopic (exact) mass is 668 g/mol. The van der Waals surface area contributed by atoms with E-state index in [0.29, 0.717) is 23.9 Å². The highest BCUT2D eigenvalue weighted by Crippen LogP contribution is 2.29. The molecule has 0 radical (unpaired) electrons. The molecule has 2 aromatic heterocycles. The fraction of sp³-hybridized carbons (Fsp3) is 0.405. The van der Waals surface area contributed by atoms with E-state index in [1.807, 2.05) is 59.3 Å². The molecule has 4 aromatic rings. The first-order chi connectivity index (χ1) is 23.3. The number of carbonyl (C=O) groups excluding carboxylic acids is 2. The minimum absolute atomic E-state index is 0.143. The van der Waals surface area contributed by atoms with Gasteiger partial charge < -0.3 is 34.1 Å². The Morgan fingerprint density at radius 3 is 2.39 bits per heavy atom. The van der Waals surface area contributed by atoms with Gasteiger partial charge in [-0.3, -0.25) is 0 Å². The highest BCUT2D eigenvalue weighted by Gasteiger charge is 2.36. The summed E-state index contributed by atoms with van der Waals surface area (Å²) in [5.74, 6) is 1.76. The van der Waals surface area contributed by atoms with Crippen LogP contribution in [0.3, 0.4) is 0 Å². The van der Waals surface area contributed by atoms with Gasteiger partial charge in [0, 0.05) is 24.2 Å². The van der Waals surface area contributed by atoms with Crippen LogP contribution in [0.2, 0.25) is 0 Å². The van der Waals surface area contributed by atoms with Gasteiger partial charge in [0.25, 0.3) is 0 Å². The fourth-order valence-electron chi connectivity index (χ4n) is 5.66. The van der Waals surface area contributed by atoms with Gasteiger partial charge in [-0.1, -0.05) is 30.3 Å². The van der Waals surface area contributed by atoms with Crippen molar-refractivity contribution in [2.45, 2.75) is 84.5 Å². The number of imide groups is 1. The first kappa shape index (κ1) is 33.8. The lowest BCUT2D eigenvalue weighted by atomic mass is 10.2. The van der Waals surface area contributed by atoms with Crippen molar-refractivity contribution in [2.75, 3.05) is 18.6 Å². The quantitative estimate of drug-likeness (QED) is 0.239. The largest absolute Gasteiger partial charge is 0.491 e. The molecule has 0 bridgehead atoms. The lowest BCUT2D eigenvalue weighted by Gasteiger charge is -2.30. The molecule has 0 aliphatic carbocycles. The van der Waals surface area contributed by atoms with Gasteiger partial charge in [-0.15, -0.1) is 0 Å². The third-order valence-electron chi connectivity index (χ3n) is 7.80. The molecule has 2 atom stereocenters. The summed E-state index contributed by atoms with van der Waals surface area (Å²) in [6.07, 6.45) is 1.25. The Balaban J connectivity index is 1.14. The number of benzene rings is 2. The topological polar surface area (TPSA) is 129 Å². The molecule has 2 aliphatic rings. The molecule has 2 unspecified atom stereocenters. The van der Waals surface area contributed by atoms with Crippen LogP contribution in [0.25, 0.3) is 16.7 Å². The molecule has 2 N–H and O–H groups in total. The number of pyridine rings is 1. The molecule has 4 heterocycles. The van der Waals surface area contributed by atoms with Crippen molar-refractivity contribution in [1.29, 1.82) is 0 Å². The smallest absolute Gasteiger partial charge is 0.425 e. The lowest BCUT2D eigenvalue weighted by molar-refractivity contribution is -0.0193. The standard InChI is InChI=1S/C37H44N6O6/c1-36(2,3)48-34(44)43(35(45)49-37(4,5)6)33-28-18-19-42(32(28)39-23-40-33)31-17-15-27(47-31)22-46-26-14-12-25-13-16-30(41-29(25)20-26)38-21-24-10-8-7-9-11-24/h7-14,16,18-20,27,31,40H,15,17,21-23H2,1-6H3,(H,38,41). The summed E-state index contributed by atoms with van der Waals surface area (Å²) in [7, 11) is 0. The first-order valence-electron chi connectivity index (χ1n) is 16.6. The molecule has 12 heteroatoms. The van der Waals surface area contributed by atoms with Crippen molar-refractivity contribution in [1.82, 2.24) is 19.8 Å². The molecule has 49 heavy (non-hydrogen) atoms. The maximum atomic E-state index is 13.3. The number of amides is 2. The number of ether oxygens (including phenoxy) is 4. The number of fused-ring (bicyclic) bond motifs is 2. The van der Waals surface area contributed by atoms with Crippen LogP contribution in [0.1, 0.15) is 66.2 Å². The van der Waals surface area contributed by atoms with Crippen LogP contribution in [0.4, 0.5) is 15.4 Å². The van der Waals surface area contributed by atoms with Crippen LogP contribution in [-0.2, 0) is 20.8 Å². The zero-order valence-electron chi connectivity index (χ0n) is 28.9. The molecular weight excluding hydrogens is 624 g/mol. The van der Waals surface area contributed by atoms with Crippen molar-refractivity contribution in [2.24, 2.45) is 4.99 Å². The van der Waals surface area contributed by atoms with Crippen LogP contribution in [0.15, 0.2) is 77.9 Å². The van der Waals surface area contributed by atoms with E-state index in [0.717, 1.165) is 40.2 Å². The molecular formula is C37H44N6O6. The Labute approximate surface area is 285 Å². The van der Waals surface area contributed by atoms with Gasteiger partial charge in [0.1, 0.15) is 53.6 Å². The van der Waals surface area contributed by atoms with E-state index in [1.165, 1.54) is 5.56 Å². The summed E-state index contributed by atoms with van der Waals surface area (Å²) in [4.78, 5) is 37.0. The van der Waals surface area contributed by atoms with Crippen LogP contribution < -0.4 is 26.1 Å². The normalized spacial score (nSPS) is 17.5.